The Morgan fingerprint density at radius 2 is 1.76 bits per heavy atom. The van der Waals surface area contributed by atoms with E-state index in [4.69, 9.17) is 16.3 Å². The van der Waals surface area contributed by atoms with Crippen LogP contribution in [0.25, 0.3) is 0 Å². The molecule has 0 heterocycles. The van der Waals surface area contributed by atoms with Crippen molar-refractivity contribution in [2.75, 3.05) is 23.7 Å². The van der Waals surface area contributed by atoms with Crippen LogP contribution in [0.5, 0.6) is 5.75 Å². The van der Waals surface area contributed by atoms with E-state index in [0.717, 1.165) is 33.0 Å². The molecule has 0 aliphatic carbocycles. The smallest absolute Gasteiger partial charge is 0.243 e. The number of ether oxygens (including phenoxy) is 1. The van der Waals surface area contributed by atoms with E-state index in [1.54, 1.807) is 18.2 Å². The molecule has 2 aromatic carbocycles. The molecule has 2 aromatic rings. The van der Waals surface area contributed by atoms with Crippen LogP contribution in [0, 0.1) is 20.8 Å². The van der Waals surface area contributed by atoms with Gasteiger partial charge in [0, 0.05) is 5.02 Å². The third-order valence-corrected chi connectivity index (χ3v) is 6.01. The van der Waals surface area contributed by atoms with Gasteiger partial charge in [0.15, 0.2) is 0 Å². The Hall–Kier alpha value is -2.25. The Morgan fingerprint density at radius 3 is 2.31 bits per heavy atom. The van der Waals surface area contributed by atoms with Crippen molar-refractivity contribution >= 4 is 33.2 Å². The second kappa shape index (κ2) is 9.50. The number of anilines is 1. The Morgan fingerprint density at radius 1 is 1.14 bits per heavy atom. The number of rotatable bonds is 8. The van der Waals surface area contributed by atoms with Crippen LogP contribution in [0.2, 0.25) is 5.02 Å². The first kappa shape index (κ1) is 23.0. The molecule has 158 valence electrons. The van der Waals surface area contributed by atoms with E-state index in [1.807, 2.05) is 39.0 Å². The van der Waals surface area contributed by atoms with Gasteiger partial charge < -0.3 is 10.1 Å². The summed E-state index contributed by atoms with van der Waals surface area (Å²) in [5.74, 6) is 0.313. The van der Waals surface area contributed by atoms with Gasteiger partial charge in [-0.25, -0.2) is 8.42 Å². The molecule has 1 N–H and O–H groups in total. The highest BCUT2D eigenvalue weighted by atomic mass is 35.5. The number of amides is 1. The Kier molecular flexibility index (Phi) is 7.54. The molecule has 0 aliphatic rings. The standard InChI is InChI=1S/C21H27ClN2O4S/c1-14-10-15(2)12-19(11-14)28-9-8-23-21(25)17(4)24(29(5,26)27)18-7-6-16(3)20(22)13-18/h6-7,10-13,17H,8-9H2,1-5H3,(H,23,25)/t17-/m1/s1. The average Bonchev–Trinajstić information content (AvgIpc) is 2.59. The van der Waals surface area contributed by atoms with E-state index < -0.39 is 22.0 Å². The van der Waals surface area contributed by atoms with Crippen LogP contribution in [0.3, 0.4) is 0 Å². The van der Waals surface area contributed by atoms with Crippen LogP contribution in [0.15, 0.2) is 36.4 Å². The summed E-state index contributed by atoms with van der Waals surface area (Å²) in [5.41, 5.74) is 3.36. The quantitative estimate of drug-likeness (QED) is 0.639. The number of sulfonamides is 1. The maximum atomic E-state index is 12.6. The number of hydrogen-bond acceptors (Lipinski definition) is 4. The van der Waals surface area contributed by atoms with Gasteiger partial charge in [-0.2, -0.15) is 0 Å². The molecule has 0 radical (unpaired) electrons. The summed E-state index contributed by atoms with van der Waals surface area (Å²) in [6.45, 7) is 7.86. The van der Waals surface area contributed by atoms with Crippen LogP contribution in [-0.4, -0.2) is 39.8 Å². The SMILES string of the molecule is Cc1cc(C)cc(OCCNC(=O)[C@@H](C)N(c2ccc(C)c(Cl)c2)S(C)(=O)=O)c1. The third kappa shape index (κ3) is 6.37. The molecule has 1 amide bonds. The highest BCUT2D eigenvalue weighted by Gasteiger charge is 2.29. The molecule has 1 atom stereocenters. The average molecular weight is 439 g/mol. The number of benzene rings is 2. The fourth-order valence-corrected chi connectivity index (χ4v) is 4.38. The predicted molar refractivity (Wildman–Crippen MR) is 117 cm³/mol. The van der Waals surface area contributed by atoms with E-state index in [9.17, 15) is 13.2 Å². The number of hydrogen-bond donors (Lipinski definition) is 1. The second-order valence-corrected chi connectivity index (χ2v) is 9.40. The monoisotopic (exact) mass is 438 g/mol. The summed E-state index contributed by atoms with van der Waals surface area (Å²) in [4.78, 5) is 12.6. The lowest BCUT2D eigenvalue weighted by atomic mass is 10.1. The summed E-state index contributed by atoms with van der Waals surface area (Å²) in [6.07, 6.45) is 1.06. The molecular weight excluding hydrogens is 412 g/mol. The van der Waals surface area contributed by atoms with Crippen molar-refractivity contribution in [3.05, 3.63) is 58.1 Å². The summed E-state index contributed by atoms with van der Waals surface area (Å²) in [6, 6.07) is 9.85. The number of aryl methyl sites for hydroxylation is 3. The van der Waals surface area contributed by atoms with Crippen molar-refractivity contribution in [1.29, 1.82) is 0 Å². The van der Waals surface area contributed by atoms with Gasteiger partial charge in [0.05, 0.1) is 18.5 Å². The maximum Gasteiger partial charge on any atom is 0.243 e. The molecule has 0 saturated carbocycles. The summed E-state index contributed by atoms with van der Waals surface area (Å²) >= 11 is 6.14. The molecule has 0 saturated heterocycles. The predicted octanol–water partition coefficient (Wildman–Crippen LogP) is 3.61. The van der Waals surface area contributed by atoms with Gasteiger partial charge in [0.2, 0.25) is 15.9 Å². The first-order valence-electron chi connectivity index (χ1n) is 9.23. The van der Waals surface area contributed by atoms with Crippen molar-refractivity contribution < 1.29 is 17.9 Å². The molecule has 6 nitrogen and oxygen atoms in total. The molecule has 0 fully saturated rings. The molecular formula is C21H27ClN2O4S. The first-order valence-corrected chi connectivity index (χ1v) is 11.5. The van der Waals surface area contributed by atoms with Gasteiger partial charge in [-0.1, -0.05) is 23.7 Å². The molecule has 0 aromatic heterocycles. The van der Waals surface area contributed by atoms with Crippen molar-refractivity contribution in [3.8, 4) is 5.75 Å². The first-order chi connectivity index (χ1) is 13.5. The van der Waals surface area contributed by atoms with Gasteiger partial charge in [-0.3, -0.25) is 9.10 Å². The second-order valence-electron chi connectivity index (χ2n) is 7.13. The minimum absolute atomic E-state index is 0.252. The molecule has 29 heavy (non-hydrogen) atoms. The van der Waals surface area contributed by atoms with Crippen molar-refractivity contribution in [2.45, 2.75) is 33.7 Å². The molecule has 8 heteroatoms. The zero-order valence-corrected chi connectivity index (χ0v) is 18.9. The minimum atomic E-state index is -3.69. The summed E-state index contributed by atoms with van der Waals surface area (Å²) < 4.78 is 31.4. The maximum absolute atomic E-state index is 12.6. The number of carbonyl (C=O) groups is 1. The Labute approximate surface area is 177 Å². The van der Waals surface area contributed by atoms with Crippen LogP contribution >= 0.6 is 11.6 Å². The van der Waals surface area contributed by atoms with E-state index in [2.05, 4.69) is 5.32 Å². The van der Waals surface area contributed by atoms with Crippen LogP contribution in [0.4, 0.5) is 5.69 Å². The number of nitrogens with one attached hydrogen (secondary N) is 1. The lowest BCUT2D eigenvalue weighted by Crippen LogP contribution is -2.48. The fraction of sp³-hybridized carbons (Fsp3) is 0.381. The van der Waals surface area contributed by atoms with Gasteiger partial charge >= 0.3 is 0 Å². The topological polar surface area (TPSA) is 75.7 Å². The Bertz CT molecular complexity index is 972. The van der Waals surface area contributed by atoms with Crippen molar-refractivity contribution in [3.63, 3.8) is 0 Å². The summed E-state index contributed by atoms with van der Waals surface area (Å²) in [7, 11) is -3.69. The highest BCUT2D eigenvalue weighted by molar-refractivity contribution is 7.92. The van der Waals surface area contributed by atoms with Gasteiger partial charge in [-0.05, 0) is 68.7 Å². The zero-order chi connectivity index (χ0) is 21.8. The van der Waals surface area contributed by atoms with Gasteiger partial charge in [0.1, 0.15) is 18.4 Å². The van der Waals surface area contributed by atoms with Crippen LogP contribution in [0.1, 0.15) is 23.6 Å². The van der Waals surface area contributed by atoms with Crippen molar-refractivity contribution in [2.24, 2.45) is 0 Å². The van der Waals surface area contributed by atoms with Crippen molar-refractivity contribution in [1.82, 2.24) is 5.32 Å². The normalized spacial score (nSPS) is 12.3. The number of halogens is 1. The van der Waals surface area contributed by atoms with Crippen LogP contribution < -0.4 is 14.4 Å². The zero-order valence-electron chi connectivity index (χ0n) is 17.3. The lowest BCUT2D eigenvalue weighted by molar-refractivity contribution is -0.121. The lowest BCUT2D eigenvalue weighted by Gasteiger charge is -2.28. The number of carbonyl (C=O) groups excluding carboxylic acids is 1. The van der Waals surface area contributed by atoms with Gasteiger partial charge in [0.25, 0.3) is 0 Å². The third-order valence-electron chi connectivity index (χ3n) is 4.36. The van der Waals surface area contributed by atoms with E-state index in [0.29, 0.717) is 10.7 Å². The molecule has 2 rings (SSSR count). The molecule has 0 aliphatic heterocycles. The van der Waals surface area contributed by atoms with E-state index in [1.165, 1.54) is 6.92 Å². The van der Waals surface area contributed by atoms with E-state index in [-0.39, 0.29) is 13.2 Å². The highest BCUT2D eigenvalue weighted by Crippen LogP contribution is 2.26. The fourth-order valence-electron chi connectivity index (χ4n) is 3.03. The minimum Gasteiger partial charge on any atom is -0.492 e. The van der Waals surface area contributed by atoms with E-state index >= 15 is 0 Å². The Balaban J connectivity index is 2.02. The van der Waals surface area contributed by atoms with Gasteiger partial charge in [-0.15, -0.1) is 0 Å². The largest absolute Gasteiger partial charge is 0.492 e. The molecule has 0 spiro atoms. The molecule has 0 bridgehead atoms. The molecule has 0 unspecified atom stereocenters. The van der Waals surface area contributed by atoms with Crippen LogP contribution in [-0.2, 0) is 14.8 Å². The summed E-state index contributed by atoms with van der Waals surface area (Å²) in [5, 5.41) is 3.16. The number of nitrogens with zero attached hydrogens (tertiary/aromatic N) is 1.